The number of aryl methyl sites for hydroxylation is 1. The number of thiazole rings is 1. The van der Waals surface area contributed by atoms with Crippen LogP contribution >= 0.6 is 11.3 Å². The van der Waals surface area contributed by atoms with Crippen LogP contribution in [0, 0.1) is 6.92 Å². The van der Waals surface area contributed by atoms with Gasteiger partial charge >= 0.3 is 0 Å². The molecular weight excluding hydrogens is 260 g/mol. The molecule has 2 aromatic rings. The van der Waals surface area contributed by atoms with Crippen LogP contribution in [0.5, 0.6) is 0 Å². The van der Waals surface area contributed by atoms with Crippen molar-refractivity contribution in [3.05, 3.63) is 40.9 Å². The topological polar surface area (TPSA) is 53.4 Å². The van der Waals surface area contributed by atoms with E-state index in [9.17, 15) is 4.79 Å². The third-order valence-electron chi connectivity index (χ3n) is 2.78. The monoisotopic (exact) mass is 276 g/mol. The van der Waals surface area contributed by atoms with E-state index in [-0.39, 0.29) is 12.5 Å². The first-order valence-electron chi connectivity index (χ1n) is 6.00. The summed E-state index contributed by atoms with van der Waals surface area (Å²) in [5.41, 5.74) is 2.63. The molecule has 1 aromatic heterocycles. The van der Waals surface area contributed by atoms with Crippen molar-refractivity contribution in [3.8, 4) is 10.6 Å². The van der Waals surface area contributed by atoms with E-state index < -0.39 is 0 Å². The van der Waals surface area contributed by atoms with Crippen molar-refractivity contribution in [3.63, 3.8) is 0 Å². The highest BCUT2D eigenvalue weighted by Gasteiger charge is 2.11. The highest BCUT2D eigenvalue weighted by molar-refractivity contribution is 7.13. The van der Waals surface area contributed by atoms with Gasteiger partial charge in [-0.2, -0.15) is 0 Å². The van der Waals surface area contributed by atoms with Crippen molar-refractivity contribution >= 4 is 17.2 Å². The highest BCUT2D eigenvalue weighted by atomic mass is 32.1. The van der Waals surface area contributed by atoms with Gasteiger partial charge in [0.15, 0.2) is 0 Å². The molecule has 1 heterocycles. The highest BCUT2D eigenvalue weighted by Crippen LogP contribution is 2.23. The molecular formula is C14H16N2O2S. The number of hydrogen-bond acceptors (Lipinski definition) is 4. The SMILES string of the molecule is Cc1csc(-c2ccc(C(=O)N(C)CCO)cc2)n1. The molecule has 0 unspecified atom stereocenters. The standard InChI is InChI=1S/C14H16N2O2S/c1-10-9-19-13(15-10)11-3-5-12(6-4-11)14(18)16(2)7-8-17/h3-6,9,17H,7-8H2,1-2H3. The predicted molar refractivity (Wildman–Crippen MR) is 76.3 cm³/mol. The summed E-state index contributed by atoms with van der Waals surface area (Å²) in [5.74, 6) is -0.0871. The summed E-state index contributed by atoms with van der Waals surface area (Å²) in [6.45, 7) is 2.27. The molecule has 100 valence electrons. The third-order valence-corrected chi connectivity index (χ3v) is 3.79. The fourth-order valence-corrected chi connectivity index (χ4v) is 2.52. The zero-order chi connectivity index (χ0) is 13.8. The first-order chi connectivity index (χ1) is 9.11. The normalized spacial score (nSPS) is 10.5. The van der Waals surface area contributed by atoms with E-state index in [1.54, 1.807) is 30.5 Å². The van der Waals surface area contributed by atoms with E-state index in [0.29, 0.717) is 12.1 Å². The largest absolute Gasteiger partial charge is 0.395 e. The van der Waals surface area contributed by atoms with Crippen molar-refractivity contribution in [1.29, 1.82) is 0 Å². The molecule has 19 heavy (non-hydrogen) atoms. The van der Waals surface area contributed by atoms with Crippen LogP contribution in [0.4, 0.5) is 0 Å². The van der Waals surface area contributed by atoms with Crippen LogP contribution in [-0.2, 0) is 0 Å². The Hall–Kier alpha value is -1.72. The maximum Gasteiger partial charge on any atom is 0.253 e. The number of hydrogen-bond donors (Lipinski definition) is 1. The Kier molecular flexibility index (Phi) is 4.29. The second-order valence-corrected chi connectivity index (χ2v) is 5.18. The molecule has 0 aliphatic rings. The minimum Gasteiger partial charge on any atom is -0.395 e. The van der Waals surface area contributed by atoms with E-state index in [2.05, 4.69) is 4.98 Å². The quantitative estimate of drug-likeness (QED) is 0.931. The number of benzene rings is 1. The lowest BCUT2D eigenvalue weighted by molar-refractivity contribution is 0.0767. The first-order valence-corrected chi connectivity index (χ1v) is 6.88. The number of aromatic nitrogens is 1. The number of likely N-dealkylation sites (N-methyl/N-ethyl adjacent to an activating group) is 1. The molecule has 0 saturated carbocycles. The van der Waals surface area contributed by atoms with E-state index in [1.807, 2.05) is 24.4 Å². The zero-order valence-electron chi connectivity index (χ0n) is 11.0. The average Bonchev–Trinajstić information content (AvgIpc) is 2.85. The van der Waals surface area contributed by atoms with Crippen molar-refractivity contribution in [2.45, 2.75) is 6.92 Å². The number of aliphatic hydroxyl groups excluding tert-OH is 1. The number of amides is 1. The smallest absolute Gasteiger partial charge is 0.253 e. The van der Waals surface area contributed by atoms with Gasteiger partial charge < -0.3 is 10.0 Å². The summed E-state index contributed by atoms with van der Waals surface area (Å²) in [5, 5.41) is 11.8. The van der Waals surface area contributed by atoms with Crippen LogP contribution in [0.15, 0.2) is 29.6 Å². The van der Waals surface area contributed by atoms with E-state index in [1.165, 1.54) is 4.90 Å². The summed E-state index contributed by atoms with van der Waals surface area (Å²) in [6, 6.07) is 7.39. The molecule has 1 N–H and O–H groups in total. The molecule has 0 aliphatic carbocycles. The summed E-state index contributed by atoms with van der Waals surface area (Å²) in [6.07, 6.45) is 0. The number of nitrogens with zero attached hydrogens (tertiary/aromatic N) is 2. The Balaban J connectivity index is 2.16. The molecule has 0 fully saturated rings. The number of carbonyl (C=O) groups excluding carboxylic acids is 1. The molecule has 4 nitrogen and oxygen atoms in total. The van der Waals surface area contributed by atoms with Gasteiger partial charge in [0, 0.05) is 35.8 Å². The lowest BCUT2D eigenvalue weighted by Gasteiger charge is -2.15. The molecule has 2 rings (SSSR count). The number of aliphatic hydroxyl groups is 1. The van der Waals surface area contributed by atoms with Gasteiger partial charge in [0.1, 0.15) is 5.01 Å². The van der Waals surface area contributed by atoms with Gasteiger partial charge in [0.2, 0.25) is 0 Å². The van der Waals surface area contributed by atoms with Crippen LogP contribution < -0.4 is 0 Å². The molecule has 0 bridgehead atoms. The number of carbonyl (C=O) groups is 1. The van der Waals surface area contributed by atoms with Crippen molar-refractivity contribution in [2.24, 2.45) is 0 Å². The molecule has 0 radical (unpaired) electrons. The third kappa shape index (κ3) is 3.19. The molecule has 0 aliphatic heterocycles. The van der Waals surface area contributed by atoms with Crippen LogP contribution in [0.1, 0.15) is 16.1 Å². The zero-order valence-corrected chi connectivity index (χ0v) is 11.8. The van der Waals surface area contributed by atoms with Crippen LogP contribution in [0.25, 0.3) is 10.6 Å². The molecule has 0 spiro atoms. The van der Waals surface area contributed by atoms with E-state index in [0.717, 1.165) is 16.3 Å². The molecule has 0 atom stereocenters. The Bertz CT molecular complexity index is 563. The Morgan fingerprint density at radius 2 is 2.05 bits per heavy atom. The predicted octanol–water partition coefficient (Wildman–Crippen LogP) is 2.18. The van der Waals surface area contributed by atoms with Crippen molar-refractivity contribution in [1.82, 2.24) is 9.88 Å². The maximum absolute atomic E-state index is 12.0. The molecule has 0 saturated heterocycles. The molecule has 1 aromatic carbocycles. The van der Waals surface area contributed by atoms with Crippen LogP contribution in [0.3, 0.4) is 0 Å². The summed E-state index contributed by atoms with van der Waals surface area (Å²) < 4.78 is 0. The minimum atomic E-state index is -0.0871. The van der Waals surface area contributed by atoms with Crippen LogP contribution in [0.2, 0.25) is 0 Å². The summed E-state index contributed by atoms with van der Waals surface area (Å²) in [7, 11) is 1.68. The van der Waals surface area contributed by atoms with Gasteiger partial charge in [0.05, 0.1) is 6.61 Å². The van der Waals surface area contributed by atoms with Gasteiger partial charge in [-0.1, -0.05) is 12.1 Å². The van der Waals surface area contributed by atoms with Crippen molar-refractivity contribution in [2.75, 3.05) is 20.2 Å². The Labute approximate surface area is 116 Å². The van der Waals surface area contributed by atoms with Gasteiger partial charge in [-0.25, -0.2) is 4.98 Å². The summed E-state index contributed by atoms with van der Waals surface area (Å²) in [4.78, 5) is 17.9. The second kappa shape index (κ2) is 5.95. The maximum atomic E-state index is 12.0. The average molecular weight is 276 g/mol. The molecule has 1 amide bonds. The Morgan fingerprint density at radius 3 is 2.58 bits per heavy atom. The van der Waals surface area contributed by atoms with Crippen LogP contribution in [-0.4, -0.2) is 41.1 Å². The van der Waals surface area contributed by atoms with Crippen molar-refractivity contribution < 1.29 is 9.90 Å². The summed E-state index contributed by atoms with van der Waals surface area (Å²) >= 11 is 1.59. The van der Waals surface area contributed by atoms with Gasteiger partial charge in [0.25, 0.3) is 5.91 Å². The Morgan fingerprint density at radius 1 is 1.37 bits per heavy atom. The van der Waals surface area contributed by atoms with Gasteiger partial charge in [-0.3, -0.25) is 4.79 Å². The molecule has 5 heteroatoms. The van der Waals surface area contributed by atoms with Gasteiger partial charge in [-0.05, 0) is 19.1 Å². The lowest BCUT2D eigenvalue weighted by atomic mass is 10.1. The lowest BCUT2D eigenvalue weighted by Crippen LogP contribution is -2.29. The van der Waals surface area contributed by atoms with E-state index >= 15 is 0 Å². The fourth-order valence-electron chi connectivity index (χ4n) is 1.71. The second-order valence-electron chi connectivity index (χ2n) is 4.32. The fraction of sp³-hybridized carbons (Fsp3) is 0.286. The minimum absolute atomic E-state index is 0.0291. The van der Waals surface area contributed by atoms with E-state index in [4.69, 9.17) is 5.11 Å². The van der Waals surface area contributed by atoms with Gasteiger partial charge in [-0.15, -0.1) is 11.3 Å². The first kappa shape index (κ1) is 13.7. The number of rotatable bonds is 4.